The summed E-state index contributed by atoms with van der Waals surface area (Å²) in [6.07, 6.45) is 1.46. The van der Waals surface area contributed by atoms with E-state index in [1.807, 2.05) is 37.3 Å². The fourth-order valence-electron chi connectivity index (χ4n) is 2.79. The second-order valence-electron chi connectivity index (χ2n) is 6.77. The molecule has 0 fully saturated rings. The molecule has 0 saturated heterocycles. The Kier molecular flexibility index (Phi) is 8.17. The molecule has 0 aliphatic rings. The largest absolute Gasteiger partial charge is 0.383 e. The van der Waals surface area contributed by atoms with Crippen LogP contribution in [0, 0.1) is 6.92 Å². The van der Waals surface area contributed by atoms with Gasteiger partial charge in [-0.3, -0.25) is 4.79 Å². The van der Waals surface area contributed by atoms with E-state index in [2.05, 4.69) is 10.0 Å². The molecule has 0 aliphatic carbocycles. The summed E-state index contributed by atoms with van der Waals surface area (Å²) >= 11 is 0. The lowest BCUT2D eigenvalue weighted by Crippen LogP contribution is -2.33. The second kappa shape index (κ2) is 10.4. The minimum absolute atomic E-state index is 0.0848. The molecule has 1 atom stereocenters. The molecule has 28 heavy (non-hydrogen) atoms. The van der Waals surface area contributed by atoms with Gasteiger partial charge in [0.2, 0.25) is 10.0 Å². The number of methoxy groups -OCH3 is 1. The number of aryl methyl sites for hydroxylation is 2. The average molecular weight is 405 g/mol. The van der Waals surface area contributed by atoms with Crippen LogP contribution >= 0.6 is 0 Å². The predicted octanol–water partition coefficient (Wildman–Crippen LogP) is 2.67. The summed E-state index contributed by atoms with van der Waals surface area (Å²) in [6.45, 7) is 4.37. The van der Waals surface area contributed by atoms with Gasteiger partial charge in [-0.1, -0.05) is 36.4 Å². The van der Waals surface area contributed by atoms with E-state index in [0.717, 1.165) is 6.42 Å². The monoisotopic (exact) mass is 404 g/mol. The van der Waals surface area contributed by atoms with Gasteiger partial charge < -0.3 is 10.1 Å². The zero-order valence-corrected chi connectivity index (χ0v) is 17.4. The Morgan fingerprint density at radius 3 is 2.54 bits per heavy atom. The highest BCUT2D eigenvalue weighted by Gasteiger charge is 2.20. The number of rotatable bonds is 10. The maximum absolute atomic E-state index is 12.7. The first-order valence-corrected chi connectivity index (χ1v) is 10.8. The van der Waals surface area contributed by atoms with Crippen molar-refractivity contribution in [2.75, 3.05) is 20.3 Å². The van der Waals surface area contributed by atoms with E-state index in [0.29, 0.717) is 30.7 Å². The van der Waals surface area contributed by atoms with Crippen LogP contribution < -0.4 is 10.0 Å². The van der Waals surface area contributed by atoms with Crippen LogP contribution in [0.5, 0.6) is 0 Å². The summed E-state index contributed by atoms with van der Waals surface area (Å²) in [7, 11) is -2.17. The van der Waals surface area contributed by atoms with Crippen LogP contribution in [0.4, 0.5) is 0 Å². The first-order chi connectivity index (χ1) is 13.3. The van der Waals surface area contributed by atoms with E-state index in [1.54, 1.807) is 20.1 Å². The number of nitrogens with one attached hydrogen (secondary N) is 2. The fourth-order valence-corrected chi connectivity index (χ4v) is 4.10. The molecule has 2 rings (SSSR count). The maximum atomic E-state index is 12.7. The van der Waals surface area contributed by atoms with Crippen molar-refractivity contribution in [3.8, 4) is 0 Å². The molecule has 7 heteroatoms. The molecule has 0 bridgehead atoms. The van der Waals surface area contributed by atoms with Gasteiger partial charge in [0, 0.05) is 25.3 Å². The van der Waals surface area contributed by atoms with Gasteiger partial charge >= 0.3 is 0 Å². The highest BCUT2D eigenvalue weighted by atomic mass is 32.2. The van der Waals surface area contributed by atoms with Gasteiger partial charge in [-0.15, -0.1) is 0 Å². The molecule has 0 unspecified atom stereocenters. The van der Waals surface area contributed by atoms with E-state index in [9.17, 15) is 13.2 Å². The topological polar surface area (TPSA) is 84.5 Å². The summed E-state index contributed by atoms with van der Waals surface area (Å²) in [4.78, 5) is 12.4. The standard InChI is InChI=1S/C21H28N2O4S/c1-16-9-12-19(15-20(16)21(24)22-13-14-27-3)28(25,26)23-17(2)10-11-18-7-5-4-6-8-18/h4-9,12,15,17,23H,10-11,13-14H2,1-3H3,(H,22,24)/t17-/m1/s1. The van der Waals surface area contributed by atoms with Gasteiger partial charge in [-0.05, 0) is 49.9 Å². The SMILES string of the molecule is COCCNC(=O)c1cc(S(=O)(=O)N[C@H](C)CCc2ccccc2)ccc1C. The molecule has 2 N–H and O–H groups in total. The Labute approximate surface area is 167 Å². The third-order valence-corrected chi connectivity index (χ3v) is 6.01. The van der Waals surface area contributed by atoms with E-state index in [1.165, 1.54) is 17.7 Å². The zero-order valence-electron chi connectivity index (χ0n) is 16.6. The van der Waals surface area contributed by atoms with Crippen molar-refractivity contribution >= 4 is 15.9 Å². The van der Waals surface area contributed by atoms with Crippen LogP contribution in [-0.2, 0) is 21.2 Å². The molecule has 152 valence electrons. The third kappa shape index (κ3) is 6.44. The summed E-state index contributed by atoms with van der Waals surface area (Å²) < 4.78 is 33.1. The van der Waals surface area contributed by atoms with Crippen molar-refractivity contribution in [1.29, 1.82) is 0 Å². The number of hydrogen-bond donors (Lipinski definition) is 2. The Balaban J connectivity index is 2.05. The maximum Gasteiger partial charge on any atom is 0.251 e. The molecule has 0 aliphatic heterocycles. The minimum atomic E-state index is -3.72. The summed E-state index contributed by atoms with van der Waals surface area (Å²) in [5.74, 6) is -0.316. The van der Waals surface area contributed by atoms with Crippen molar-refractivity contribution in [1.82, 2.24) is 10.0 Å². The van der Waals surface area contributed by atoms with E-state index >= 15 is 0 Å². The lowest BCUT2D eigenvalue weighted by molar-refractivity contribution is 0.0936. The zero-order chi connectivity index (χ0) is 20.6. The van der Waals surface area contributed by atoms with Gasteiger partial charge in [0.25, 0.3) is 5.91 Å². The normalized spacial score (nSPS) is 12.5. The van der Waals surface area contributed by atoms with Crippen LogP contribution in [0.2, 0.25) is 0 Å². The van der Waals surface area contributed by atoms with Crippen LogP contribution in [0.15, 0.2) is 53.4 Å². The van der Waals surface area contributed by atoms with Gasteiger partial charge in [-0.25, -0.2) is 13.1 Å². The summed E-state index contributed by atoms with van der Waals surface area (Å²) in [5, 5.41) is 2.72. The lowest BCUT2D eigenvalue weighted by atomic mass is 10.1. The van der Waals surface area contributed by atoms with Crippen molar-refractivity contribution in [3.63, 3.8) is 0 Å². The average Bonchev–Trinajstić information content (AvgIpc) is 2.67. The Bertz CT molecular complexity index is 883. The number of carbonyl (C=O) groups is 1. The van der Waals surface area contributed by atoms with Crippen LogP contribution in [0.3, 0.4) is 0 Å². The molecule has 0 saturated carbocycles. The molecule has 0 radical (unpaired) electrons. The molecule has 2 aromatic rings. The van der Waals surface area contributed by atoms with Crippen LogP contribution in [0.1, 0.15) is 34.8 Å². The smallest absolute Gasteiger partial charge is 0.251 e. The minimum Gasteiger partial charge on any atom is -0.383 e. The predicted molar refractivity (Wildman–Crippen MR) is 110 cm³/mol. The highest BCUT2D eigenvalue weighted by molar-refractivity contribution is 7.89. The number of ether oxygens (including phenoxy) is 1. The number of benzene rings is 2. The summed E-state index contributed by atoms with van der Waals surface area (Å²) in [5.41, 5.74) is 2.22. The third-order valence-electron chi connectivity index (χ3n) is 4.42. The van der Waals surface area contributed by atoms with Gasteiger partial charge in [0.15, 0.2) is 0 Å². The first kappa shape index (κ1) is 22.1. The highest BCUT2D eigenvalue weighted by Crippen LogP contribution is 2.17. The van der Waals surface area contributed by atoms with Crippen molar-refractivity contribution in [2.24, 2.45) is 0 Å². The molecule has 0 spiro atoms. The Morgan fingerprint density at radius 2 is 1.86 bits per heavy atom. The first-order valence-electron chi connectivity index (χ1n) is 9.27. The number of amides is 1. The van der Waals surface area contributed by atoms with Crippen LogP contribution in [-0.4, -0.2) is 40.6 Å². The number of carbonyl (C=O) groups excluding carboxylic acids is 1. The van der Waals surface area contributed by atoms with Crippen molar-refractivity contribution in [2.45, 2.75) is 37.6 Å². The molecule has 1 amide bonds. The van der Waals surface area contributed by atoms with E-state index in [4.69, 9.17) is 4.74 Å². The number of hydrogen-bond acceptors (Lipinski definition) is 4. The van der Waals surface area contributed by atoms with Gasteiger partial charge in [0.1, 0.15) is 0 Å². The van der Waals surface area contributed by atoms with Crippen molar-refractivity contribution < 1.29 is 17.9 Å². The summed E-state index contributed by atoms with van der Waals surface area (Å²) in [6, 6.07) is 14.3. The molecule has 0 aromatic heterocycles. The lowest BCUT2D eigenvalue weighted by Gasteiger charge is -2.15. The van der Waals surface area contributed by atoms with E-state index < -0.39 is 10.0 Å². The molecule has 2 aromatic carbocycles. The molecule has 0 heterocycles. The quantitative estimate of drug-likeness (QED) is 0.596. The fraction of sp³-hybridized carbons (Fsp3) is 0.381. The van der Waals surface area contributed by atoms with E-state index in [-0.39, 0.29) is 16.8 Å². The Morgan fingerprint density at radius 1 is 1.14 bits per heavy atom. The van der Waals surface area contributed by atoms with Gasteiger partial charge in [0.05, 0.1) is 11.5 Å². The Hall–Kier alpha value is -2.22. The number of sulfonamides is 1. The molecular weight excluding hydrogens is 376 g/mol. The second-order valence-corrected chi connectivity index (χ2v) is 8.49. The van der Waals surface area contributed by atoms with Gasteiger partial charge in [-0.2, -0.15) is 0 Å². The molecule has 6 nitrogen and oxygen atoms in total. The van der Waals surface area contributed by atoms with Crippen LogP contribution in [0.25, 0.3) is 0 Å². The molecular formula is C21H28N2O4S. The van der Waals surface area contributed by atoms with Crippen molar-refractivity contribution in [3.05, 3.63) is 65.2 Å².